The molecule has 0 saturated carbocycles. The highest BCUT2D eigenvalue weighted by Gasteiger charge is 2.33. The molecule has 4 amide bonds. The number of aromatic nitrogens is 1. The summed E-state index contributed by atoms with van der Waals surface area (Å²) < 4.78 is 26.5. The van der Waals surface area contributed by atoms with Gasteiger partial charge in [0.15, 0.2) is 0 Å². The number of nitrogens with one attached hydrogen (secondary N) is 2. The van der Waals surface area contributed by atoms with Crippen LogP contribution in [0.2, 0.25) is 4.34 Å². The number of amides is 4. The number of hydrogen-bond acceptors (Lipinski definition) is 8. The van der Waals surface area contributed by atoms with Crippen molar-refractivity contribution in [3.63, 3.8) is 0 Å². The van der Waals surface area contributed by atoms with Crippen molar-refractivity contribution in [1.82, 2.24) is 9.71 Å². The lowest BCUT2D eigenvalue weighted by Crippen LogP contribution is -2.43. The number of urea groups is 1. The zero-order valence-electron chi connectivity index (χ0n) is 17.9. The minimum Gasteiger partial charge on any atom is -0.378 e. The molecule has 0 spiro atoms. The van der Waals surface area contributed by atoms with Crippen LogP contribution in [0.25, 0.3) is 0 Å². The van der Waals surface area contributed by atoms with E-state index < -0.39 is 27.9 Å². The van der Waals surface area contributed by atoms with Crippen molar-refractivity contribution in [2.75, 3.05) is 29.2 Å². The summed E-state index contributed by atoms with van der Waals surface area (Å²) in [7, 11) is -0.347. The number of sulfonamides is 1. The van der Waals surface area contributed by atoms with E-state index in [1.165, 1.54) is 30.5 Å². The molecule has 0 fully saturated rings. The second kappa shape index (κ2) is 9.05. The van der Waals surface area contributed by atoms with Crippen molar-refractivity contribution < 1.29 is 22.8 Å². The van der Waals surface area contributed by atoms with Crippen molar-refractivity contribution in [3.05, 3.63) is 64.1 Å². The van der Waals surface area contributed by atoms with Gasteiger partial charge in [-0.05, 0) is 48.0 Å². The van der Waals surface area contributed by atoms with Crippen LogP contribution in [0.3, 0.4) is 0 Å². The molecule has 0 aliphatic carbocycles. The molecule has 1 aliphatic heterocycles. The maximum atomic E-state index is 13.0. The van der Waals surface area contributed by atoms with Crippen molar-refractivity contribution >= 4 is 68.0 Å². The fraction of sp³-hybridized carbons (Fsp3) is 0.143. The highest BCUT2D eigenvalue weighted by Crippen LogP contribution is 2.28. The van der Waals surface area contributed by atoms with Crippen LogP contribution in [0, 0.1) is 0 Å². The van der Waals surface area contributed by atoms with Gasteiger partial charge in [-0.2, -0.15) is 0 Å². The molecule has 1 aliphatic rings. The predicted molar refractivity (Wildman–Crippen MR) is 129 cm³/mol. The van der Waals surface area contributed by atoms with E-state index in [1.807, 2.05) is 23.7 Å². The van der Waals surface area contributed by atoms with Gasteiger partial charge in [0.2, 0.25) is 5.91 Å². The number of thiophene rings is 1. The first kappa shape index (κ1) is 23.7. The standard InChI is InChI=1S/C21H18ClN5O5S2/c1-26(2)14-4-5-15-12(9-14)10-18(28)27(20(15)29)17-7-3-13(11-23-17)24-21(30)25-34(31,32)19-8-6-16(22)33-19/h3-9,11H,10H2,1-2H3,(H2,24,25,30). The monoisotopic (exact) mass is 519 g/mol. The minimum absolute atomic E-state index is 0.0391. The summed E-state index contributed by atoms with van der Waals surface area (Å²) in [6.45, 7) is 0. The fourth-order valence-electron chi connectivity index (χ4n) is 3.28. The van der Waals surface area contributed by atoms with Crippen LogP contribution in [0.1, 0.15) is 15.9 Å². The van der Waals surface area contributed by atoms with Crippen molar-refractivity contribution in [1.29, 1.82) is 0 Å². The third kappa shape index (κ3) is 4.74. The molecule has 3 heterocycles. The van der Waals surface area contributed by atoms with Gasteiger partial charge < -0.3 is 10.2 Å². The van der Waals surface area contributed by atoms with Crippen LogP contribution in [0.4, 0.5) is 22.0 Å². The van der Waals surface area contributed by atoms with Gasteiger partial charge in [0.1, 0.15) is 10.0 Å². The highest BCUT2D eigenvalue weighted by atomic mass is 35.5. The highest BCUT2D eigenvalue weighted by molar-refractivity contribution is 7.92. The summed E-state index contributed by atoms with van der Waals surface area (Å²) in [5, 5.41) is 2.35. The molecule has 4 rings (SSSR count). The van der Waals surface area contributed by atoms with Crippen molar-refractivity contribution in [3.8, 4) is 0 Å². The molecule has 13 heteroatoms. The predicted octanol–water partition coefficient (Wildman–Crippen LogP) is 3.10. The summed E-state index contributed by atoms with van der Waals surface area (Å²) in [6.07, 6.45) is 1.26. The number of fused-ring (bicyclic) bond motifs is 1. The molecule has 10 nitrogen and oxygen atoms in total. The molecule has 34 heavy (non-hydrogen) atoms. The molecule has 1 aromatic carbocycles. The molecule has 0 saturated heterocycles. The third-order valence-corrected chi connectivity index (χ3v) is 7.96. The van der Waals surface area contributed by atoms with E-state index in [0.717, 1.165) is 21.9 Å². The number of anilines is 3. The third-order valence-electron chi connectivity index (χ3n) is 4.91. The Morgan fingerprint density at radius 2 is 1.91 bits per heavy atom. The number of imide groups is 1. The minimum atomic E-state index is -4.08. The summed E-state index contributed by atoms with van der Waals surface area (Å²) in [4.78, 5) is 44.8. The molecule has 0 atom stereocenters. The molecular weight excluding hydrogens is 502 g/mol. The average Bonchev–Trinajstić information content (AvgIpc) is 3.21. The number of nitrogens with zero attached hydrogens (tertiary/aromatic N) is 3. The molecule has 2 aromatic heterocycles. The molecule has 0 unspecified atom stereocenters. The molecular formula is C21H18ClN5O5S2. The quantitative estimate of drug-likeness (QED) is 0.495. The van der Waals surface area contributed by atoms with Crippen LogP contribution >= 0.6 is 22.9 Å². The van der Waals surface area contributed by atoms with E-state index in [-0.39, 0.29) is 26.5 Å². The first-order valence-electron chi connectivity index (χ1n) is 9.78. The van der Waals surface area contributed by atoms with Gasteiger partial charge in [-0.3, -0.25) is 9.59 Å². The zero-order chi connectivity index (χ0) is 24.6. The van der Waals surface area contributed by atoms with Gasteiger partial charge in [-0.15, -0.1) is 11.3 Å². The Morgan fingerprint density at radius 3 is 2.53 bits per heavy atom. The maximum absolute atomic E-state index is 13.0. The Kier molecular flexibility index (Phi) is 6.30. The van der Waals surface area contributed by atoms with E-state index in [0.29, 0.717) is 11.1 Å². The maximum Gasteiger partial charge on any atom is 0.333 e. The Balaban J connectivity index is 1.47. The van der Waals surface area contributed by atoms with Gasteiger partial charge in [0.25, 0.3) is 15.9 Å². The number of rotatable bonds is 5. The number of benzene rings is 1. The second-order valence-corrected chi connectivity index (χ2v) is 11.1. The topological polar surface area (TPSA) is 129 Å². The Labute approximate surface area is 204 Å². The van der Waals surface area contributed by atoms with E-state index in [1.54, 1.807) is 18.2 Å². The normalized spacial score (nSPS) is 13.4. The largest absolute Gasteiger partial charge is 0.378 e. The molecule has 2 N–H and O–H groups in total. The van der Waals surface area contributed by atoms with E-state index in [9.17, 15) is 22.8 Å². The molecule has 0 radical (unpaired) electrons. The van der Waals surface area contributed by atoms with Gasteiger partial charge in [-0.25, -0.2) is 27.8 Å². The lowest BCUT2D eigenvalue weighted by molar-refractivity contribution is -0.117. The second-order valence-electron chi connectivity index (χ2n) is 7.47. The van der Waals surface area contributed by atoms with Gasteiger partial charge in [0.05, 0.1) is 22.6 Å². The van der Waals surface area contributed by atoms with Crippen LogP contribution < -0.4 is 19.8 Å². The molecule has 0 bridgehead atoms. The van der Waals surface area contributed by atoms with Crippen LogP contribution in [0.5, 0.6) is 0 Å². The van der Waals surface area contributed by atoms with E-state index >= 15 is 0 Å². The van der Waals surface area contributed by atoms with Crippen molar-refractivity contribution in [2.45, 2.75) is 10.6 Å². The number of pyridine rings is 1. The SMILES string of the molecule is CN(C)c1ccc2c(c1)CC(=O)N(c1ccc(NC(=O)NS(=O)(=O)c3ccc(Cl)s3)cn1)C2=O. The number of carbonyl (C=O) groups is 3. The number of carbonyl (C=O) groups excluding carboxylic acids is 3. The zero-order valence-corrected chi connectivity index (χ0v) is 20.3. The van der Waals surface area contributed by atoms with E-state index in [2.05, 4.69) is 10.3 Å². The number of halogens is 1. The summed E-state index contributed by atoms with van der Waals surface area (Å²) in [5.41, 5.74) is 2.09. The average molecular weight is 520 g/mol. The lowest BCUT2D eigenvalue weighted by Gasteiger charge is -2.27. The van der Waals surface area contributed by atoms with Crippen LogP contribution in [0.15, 0.2) is 52.9 Å². The fourth-order valence-corrected chi connectivity index (χ4v) is 5.67. The first-order chi connectivity index (χ1) is 16.0. The smallest absolute Gasteiger partial charge is 0.333 e. The van der Waals surface area contributed by atoms with Crippen molar-refractivity contribution in [2.24, 2.45) is 0 Å². The van der Waals surface area contributed by atoms with Gasteiger partial charge in [-0.1, -0.05) is 11.6 Å². The summed E-state index contributed by atoms with van der Waals surface area (Å²) >= 11 is 6.55. The van der Waals surface area contributed by atoms with Crippen LogP contribution in [-0.2, 0) is 21.2 Å². The van der Waals surface area contributed by atoms with Gasteiger partial charge >= 0.3 is 6.03 Å². The Morgan fingerprint density at radius 1 is 1.15 bits per heavy atom. The summed E-state index contributed by atoms with van der Waals surface area (Å²) in [5.74, 6) is -0.840. The Hall–Kier alpha value is -3.48. The van der Waals surface area contributed by atoms with Gasteiger partial charge in [0, 0.05) is 25.3 Å². The summed E-state index contributed by atoms with van der Waals surface area (Å²) in [6, 6.07) is 9.75. The molecule has 3 aromatic rings. The first-order valence-corrected chi connectivity index (χ1v) is 12.5. The lowest BCUT2D eigenvalue weighted by atomic mass is 9.97. The molecule has 176 valence electrons. The van der Waals surface area contributed by atoms with Crippen LogP contribution in [-0.4, -0.2) is 45.3 Å². The Bertz CT molecular complexity index is 1400. The number of hydrogen-bond donors (Lipinski definition) is 2. The van der Waals surface area contributed by atoms with E-state index in [4.69, 9.17) is 11.6 Å².